The van der Waals surface area contributed by atoms with Crippen molar-refractivity contribution < 1.29 is 9.90 Å². The minimum Gasteiger partial charge on any atom is -0.396 e. The number of amides is 1. The standard InChI is InChI=1S/C17H19N3O3S/c21-8-12-6-20(7-13(12)11-3-4-24-9-11)17(23)14-5-15(22)19-16(18-14)10-1-2-10/h3-5,9-10,12-13,21H,1-2,6-8H2,(H,18,19,22)/t12-,13-/m0/s1. The Hall–Kier alpha value is -1.99. The number of aromatic amines is 1. The molecule has 0 unspecified atom stereocenters. The molecule has 2 aromatic rings. The minimum atomic E-state index is -0.275. The second-order valence-electron chi connectivity index (χ2n) is 6.61. The largest absolute Gasteiger partial charge is 0.396 e. The molecule has 126 valence electrons. The maximum atomic E-state index is 12.8. The SMILES string of the molecule is O=C(c1cc(=O)[nH]c(C2CC2)n1)N1C[C@@H](CO)[C@H](c2ccsc2)C1. The fourth-order valence-corrected chi connectivity index (χ4v) is 4.11. The normalized spacial score (nSPS) is 23.6. The highest BCUT2D eigenvalue weighted by atomic mass is 32.1. The molecule has 6 nitrogen and oxygen atoms in total. The molecule has 2 aromatic heterocycles. The molecule has 1 saturated heterocycles. The molecule has 2 atom stereocenters. The predicted molar refractivity (Wildman–Crippen MR) is 90.4 cm³/mol. The van der Waals surface area contributed by atoms with Gasteiger partial charge in [-0.1, -0.05) is 0 Å². The molecule has 24 heavy (non-hydrogen) atoms. The third-order valence-electron chi connectivity index (χ3n) is 4.88. The first-order chi connectivity index (χ1) is 11.7. The molecule has 4 rings (SSSR count). The molecule has 1 aliphatic carbocycles. The van der Waals surface area contributed by atoms with Crippen molar-refractivity contribution in [1.82, 2.24) is 14.9 Å². The van der Waals surface area contributed by atoms with Gasteiger partial charge in [-0.25, -0.2) is 4.98 Å². The number of carbonyl (C=O) groups excluding carboxylic acids is 1. The third kappa shape index (κ3) is 2.89. The van der Waals surface area contributed by atoms with Gasteiger partial charge in [-0.2, -0.15) is 11.3 Å². The fourth-order valence-electron chi connectivity index (χ4n) is 3.38. The van der Waals surface area contributed by atoms with Crippen LogP contribution in [0.4, 0.5) is 0 Å². The van der Waals surface area contributed by atoms with Gasteiger partial charge in [-0.05, 0) is 35.2 Å². The average Bonchev–Trinajstić information content (AvgIpc) is 3.12. The second kappa shape index (κ2) is 6.14. The lowest BCUT2D eigenvalue weighted by Gasteiger charge is -2.16. The summed E-state index contributed by atoms with van der Waals surface area (Å²) < 4.78 is 0. The molecule has 0 aromatic carbocycles. The summed E-state index contributed by atoms with van der Waals surface area (Å²) in [5, 5.41) is 13.7. The van der Waals surface area contributed by atoms with Gasteiger partial charge >= 0.3 is 0 Å². The first-order valence-electron chi connectivity index (χ1n) is 8.19. The molecule has 2 N–H and O–H groups in total. The number of aliphatic hydroxyl groups is 1. The Balaban J connectivity index is 1.58. The van der Waals surface area contributed by atoms with E-state index in [0.717, 1.165) is 18.4 Å². The average molecular weight is 345 g/mol. The summed E-state index contributed by atoms with van der Waals surface area (Å²) in [7, 11) is 0. The zero-order valence-corrected chi connectivity index (χ0v) is 14.0. The van der Waals surface area contributed by atoms with Gasteiger partial charge in [0.25, 0.3) is 11.5 Å². The summed E-state index contributed by atoms with van der Waals surface area (Å²) in [5.41, 5.74) is 1.10. The van der Waals surface area contributed by atoms with E-state index >= 15 is 0 Å². The van der Waals surface area contributed by atoms with E-state index in [9.17, 15) is 14.7 Å². The molecule has 3 heterocycles. The number of likely N-dealkylation sites (tertiary alicyclic amines) is 1. The van der Waals surface area contributed by atoms with Crippen LogP contribution in [-0.2, 0) is 0 Å². The Morgan fingerprint density at radius 2 is 2.25 bits per heavy atom. The Labute approximate surface area is 143 Å². The molecule has 2 aliphatic rings. The van der Waals surface area contributed by atoms with E-state index in [4.69, 9.17) is 0 Å². The van der Waals surface area contributed by atoms with Crippen LogP contribution >= 0.6 is 11.3 Å². The van der Waals surface area contributed by atoms with Crippen molar-refractivity contribution in [3.05, 3.63) is 50.3 Å². The van der Waals surface area contributed by atoms with E-state index in [0.29, 0.717) is 18.9 Å². The smallest absolute Gasteiger partial charge is 0.272 e. The first-order valence-corrected chi connectivity index (χ1v) is 9.13. The van der Waals surface area contributed by atoms with E-state index in [2.05, 4.69) is 15.3 Å². The molecule has 0 spiro atoms. The van der Waals surface area contributed by atoms with Gasteiger partial charge in [0.2, 0.25) is 0 Å². The predicted octanol–water partition coefficient (Wildman–Crippen LogP) is 1.56. The molecule has 1 saturated carbocycles. The van der Waals surface area contributed by atoms with Crippen LogP contribution in [-0.4, -0.2) is 45.6 Å². The summed E-state index contributed by atoms with van der Waals surface area (Å²) in [6.45, 7) is 1.08. The van der Waals surface area contributed by atoms with Gasteiger partial charge in [0.15, 0.2) is 0 Å². The lowest BCUT2D eigenvalue weighted by molar-refractivity contribution is 0.0775. The quantitative estimate of drug-likeness (QED) is 0.880. The monoisotopic (exact) mass is 345 g/mol. The number of carbonyl (C=O) groups is 1. The minimum absolute atomic E-state index is 0.0217. The van der Waals surface area contributed by atoms with Crippen molar-refractivity contribution in [2.45, 2.75) is 24.7 Å². The van der Waals surface area contributed by atoms with E-state index < -0.39 is 0 Å². The number of rotatable bonds is 4. The van der Waals surface area contributed by atoms with Crippen LogP contribution in [0.15, 0.2) is 27.7 Å². The van der Waals surface area contributed by atoms with E-state index in [1.165, 1.54) is 6.07 Å². The maximum absolute atomic E-state index is 12.8. The van der Waals surface area contributed by atoms with Gasteiger partial charge in [-0.15, -0.1) is 0 Å². The Morgan fingerprint density at radius 3 is 2.92 bits per heavy atom. The van der Waals surface area contributed by atoms with Crippen LogP contribution in [0.2, 0.25) is 0 Å². The zero-order valence-electron chi connectivity index (χ0n) is 13.1. The van der Waals surface area contributed by atoms with Crippen LogP contribution in [0.3, 0.4) is 0 Å². The highest BCUT2D eigenvalue weighted by Crippen LogP contribution is 2.38. The Kier molecular flexibility index (Phi) is 3.97. The van der Waals surface area contributed by atoms with Crippen LogP contribution in [0, 0.1) is 5.92 Å². The highest BCUT2D eigenvalue weighted by molar-refractivity contribution is 7.08. The maximum Gasteiger partial charge on any atom is 0.272 e. The highest BCUT2D eigenvalue weighted by Gasteiger charge is 2.37. The van der Waals surface area contributed by atoms with E-state index in [1.807, 2.05) is 11.4 Å². The molecular weight excluding hydrogens is 326 g/mol. The second-order valence-corrected chi connectivity index (χ2v) is 7.39. The summed E-state index contributed by atoms with van der Waals surface area (Å²) in [6, 6.07) is 3.32. The number of nitrogens with one attached hydrogen (secondary N) is 1. The third-order valence-corrected chi connectivity index (χ3v) is 5.58. The van der Waals surface area contributed by atoms with Crippen molar-refractivity contribution in [1.29, 1.82) is 0 Å². The van der Waals surface area contributed by atoms with Crippen LogP contribution in [0.1, 0.15) is 46.6 Å². The number of hydrogen-bond donors (Lipinski definition) is 2. The topological polar surface area (TPSA) is 86.3 Å². The number of aliphatic hydroxyl groups excluding tert-OH is 1. The van der Waals surface area contributed by atoms with Gasteiger partial charge in [0.1, 0.15) is 11.5 Å². The number of H-pyrrole nitrogens is 1. The first kappa shape index (κ1) is 15.5. The Bertz CT molecular complexity index is 798. The van der Waals surface area contributed by atoms with Crippen LogP contribution in [0.5, 0.6) is 0 Å². The Morgan fingerprint density at radius 1 is 1.42 bits per heavy atom. The number of hydrogen-bond acceptors (Lipinski definition) is 5. The number of aromatic nitrogens is 2. The lowest BCUT2D eigenvalue weighted by atomic mass is 9.92. The van der Waals surface area contributed by atoms with E-state index in [-0.39, 0.29) is 41.5 Å². The van der Waals surface area contributed by atoms with Gasteiger partial charge in [0, 0.05) is 43.5 Å². The van der Waals surface area contributed by atoms with Gasteiger partial charge < -0.3 is 15.0 Å². The molecular formula is C17H19N3O3S. The zero-order chi connectivity index (χ0) is 16.7. The summed E-state index contributed by atoms with van der Waals surface area (Å²) in [5.74, 6) is 0.841. The van der Waals surface area contributed by atoms with Crippen molar-refractivity contribution in [3.8, 4) is 0 Å². The van der Waals surface area contributed by atoms with Crippen molar-refractivity contribution in [2.24, 2.45) is 5.92 Å². The number of nitrogens with zero attached hydrogens (tertiary/aromatic N) is 2. The molecule has 2 fully saturated rings. The molecule has 7 heteroatoms. The van der Waals surface area contributed by atoms with Gasteiger partial charge in [0.05, 0.1) is 0 Å². The van der Waals surface area contributed by atoms with E-state index in [1.54, 1.807) is 16.2 Å². The lowest BCUT2D eigenvalue weighted by Crippen LogP contribution is -2.31. The van der Waals surface area contributed by atoms with Crippen molar-refractivity contribution in [3.63, 3.8) is 0 Å². The van der Waals surface area contributed by atoms with Crippen LogP contribution in [0.25, 0.3) is 0 Å². The summed E-state index contributed by atoms with van der Waals surface area (Å²) >= 11 is 1.62. The molecule has 0 bridgehead atoms. The number of thiophene rings is 1. The van der Waals surface area contributed by atoms with Crippen molar-refractivity contribution in [2.75, 3.05) is 19.7 Å². The summed E-state index contributed by atoms with van der Waals surface area (Å²) in [4.78, 5) is 33.4. The molecule has 1 aliphatic heterocycles. The van der Waals surface area contributed by atoms with Crippen LogP contribution < -0.4 is 5.56 Å². The molecule has 1 amide bonds. The van der Waals surface area contributed by atoms with Crippen molar-refractivity contribution >= 4 is 17.2 Å². The van der Waals surface area contributed by atoms with Gasteiger partial charge in [-0.3, -0.25) is 9.59 Å². The summed E-state index contributed by atoms with van der Waals surface area (Å²) in [6.07, 6.45) is 2.02. The molecule has 0 radical (unpaired) electrons. The fraction of sp³-hybridized carbons (Fsp3) is 0.471.